The Morgan fingerprint density at radius 1 is 1.10 bits per heavy atom. The highest BCUT2D eigenvalue weighted by Gasteiger charge is 2.32. The van der Waals surface area contributed by atoms with Gasteiger partial charge in [0.05, 0.1) is 6.04 Å². The summed E-state index contributed by atoms with van der Waals surface area (Å²) in [5.41, 5.74) is 1.52. The topological polar surface area (TPSA) is 20.2 Å². The van der Waals surface area contributed by atoms with Gasteiger partial charge in [0.25, 0.3) is 0 Å². The Hall–Kier alpha value is -0.220. The standard InChI is InChI=1S/C16H27N3.2ClH/c1-18-11-5-8-15(18)16(14-6-3-2-4-7-14)19-12-9-17-10-13-19;;/h5,8,11,14,16-17H,2-4,6-7,9-10,12-13H2,1H3;2*1H/t16-;;/m1../s1. The van der Waals surface area contributed by atoms with Crippen molar-refractivity contribution in [3.05, 3.63) is 24.0 Å². The van der Waals surface area contributed by atoms with E-state index in [4.69, 9.17) is 0 Å². The molecule has 3 nitrogen and oxygen atoms in total. The first kappa shape index (κ1) is 18.8. The lowest BCUT2D eigenvalue weighted by Crippen LogP contribution is -2.47. The van der Waals surface area contributed by atoms with Gasteiger partial charge >= 0.3 is 0 Å². The van der Waals surface area contributed by atoms with Gasteiger partial charge in [-0.15, -0.1) is 24.8 Å². The molecule has 1 saturated heterocycles. The smallest absolute Gasteiger partial charge is 0.0529 e. The second-order valence-electron chi connectivity index (χ2n) is 6.17. The molecule has 0 aromatic carbocycles. The molecular weight excluding hydrogens is 305 g/mol. The number of nitrogens with zero attached hydrogens (tertiary/aromatic N) is 2. The molecule has 1 aromatic rings. The number of halogens is 2. The van der Waals surface area contributed by atoms with Crippen molar-refractivity contribution in [3.8, 4) is 0 Å². The molecule has 1 N–H and O–H groups in total. The van der Waals surface area contributed by atoms with Crippen molar-refractivity contribution >= 4 is 24.8 Å². The third-order valence-corrected chi connectivity index (χ3v) is 4.93. The van der Waals surface area contributed by atoms with Crippen molar-refractivity contribution < 1.29 is 0 Å². The molecule has 0 spiro atoms. The van der Waals surface area contributed by atoms with Gasteiger partial charge in [-0.25, -0.2) is 0 Å². The maximum Gasteiger partial charge on any atom is 0.0529 e. The van der Waals surface area contributed by atoms with Crippen LogP contribution in [0.5, 0.6) is 0 Å². The van der Waals surface area contributed by atoms with E-state index in [9.17, 15) is 0 Å². The number of piperazine rings is 1. The molecule has 3 rings (SSSR count). The number of hydrogen-bond acceptors (Lipinski definition) is 2. The summed E-state index contributed by atoms with van der Waals surface area (Å²) in [6.07, 6.45) is 9.33. The summed E-state index contributed by atoms with van der Waals surface area (Å²) >= 11 is 0. The summed E-state index contributed by atoms with van der Waals surface area (Å²) in [6, 6.07) is 5.18. The van der Waals surface area contributed by atoms with Gasteiger partial charge in [0.2, 0.25) is 0 Å². The number of rotatable bonds is 3. The summed E-state index contributed by atoms with van der Waals surface area (Å²) in [7, 11) is 2.20. The van der Waals surface area contributed by atoms with E-state index < -0.39 is 0 Å². The molecule has 1 atom stereocenters. The molecule has 2 fully saturated rings. The monoisotopic (exact) mass is 333 g/mol. The Labute approximate surface area is 141 Å². The van der Waals surface area contributed by atoms with Crippen LogP contribution in [0.1, 0.15) is 43.8 Å². The first-order valence-corrected chi connectivity index (χ1v) is 7.92. The number of aryl methyl sites for hydroxylation is 1. The van der Waals surface area contributed by atoms with Crippen LogP contribution in [0.4, 0.5) is 0 Å². The first-order valence-electron chi connectivity index (χ1n) is 7.92. The lowest BCUT2D eigenvalue weighted by molar-refractivity contribution is 0.0983. The Kier molecular flexibility index (Phi) is 8.10. The van der Waals surface area contributed by atoms with E-state index in [1.54, 1.807) is 0 Å². The molecule has 1 aliphatic carbocycles. The summed E-state index contributed by atoms with van der Waals surface area (Å²) in [6.45, 7) is 4.69. The minimum absolute atomic E-state index is 0. The number of nitrogens with one attached hydrogen (secondary N) is 1. The fourth-order valence-corrected chi connectivity index (χ4v) is 3.92. The van der Waals surface area contributed by atoms with E-state index in [1.807, 2.05) is 0 Å². The van der Waals surface area contributed by atoms with E-state index in [-0.39, 0.29) is 24.8 Å². The second-order valence-corrected chi connectivity index (χ2v) is 6.17. The normalized spacial score (nSPS) is 22.1. The van der Waals surface area contributed by atoms with E-state index in [2.05, 4.69) is 40.2 Å². The van der Waals surface area contributed by atoms with Gasteiger partial charge in [0.15, 0.2) is 0 Å². The van der Waals surface area contributed by atoms with Crippen LogP contribution < -0.4 is 5.32 Å². The third kappa shape index (κ3) is 4.38. The molecule has 0 unspecified atom stereocenters. The van der Waals surface area contributed by atoms with E-state index in [0.29, 0.717) is 6.04 Å². The molecule has 1 aromatic heterocycles. The van der Waals surface area contributed by atoms with Crippen LogP contribution in [-0.4, -0.2) is 35.6 Å². The van der Waals surface area contributed by atoms with Crippen molar-refractivity contribution in [3.63, 3.8) is 0 Å². The predicted octanol–water partition coefficient (Wildman–Crippen LogP) is 3.40. The van der Waals surface area contributed by atoms with Gasteiger partial charge in [0.1, 0.15) is 0 Å². The van der Waals surface area contributed by atoms with Crippen LogP contribution in [0.25, 0.3) is 0 Å². The maximum atomic E-state index is 3.48. The Balaban J connectivity index is 0.00000110. The zero-order valence-electron chi connectivity index (χ0n) is 13.0. The molecular formula is C16H29Cl2N3. The van der Waals surface area contributed by atoms with E-state index >= 15 is 0 Å². The van der Waals surface area contributed by atoms with Gasteiger partial charge < -0.3 is 9.88 Å². The molecule has 2 heterocycles. The van der Waals surface area contributed by atoms with E-state index in [1.165, 1.54) is 50.9 Å². The second kappa shape index (κ2) is 9.04. The minimum Gasteiger partial charge on any atom is -0.353 e. The highest BCUT2D eigenvalue weighted by molar-refractivity contribution is 5.85. The van der Waals surface area contributed by atoms with Crippen molar-refractivity contribution in [1.82, 2.24) is 14.8 Å². The average Bonchev–Trinajstić information content (AvgIpc) is 2.88. The molecule has 1 saturated carbocycles. The van der Waals surface area contributed by atoms with Crippen molar-refractivity contribution in [1.29, 1.82) is 0 Å². The Bertz CT molecular complexity index is 378. The highest BCUT2D eigenvalue weighted by Crippen LogP contribution is 2.38. The molecule has 0 radical (unpaired) electrons. The molecule has 2 aliphatic rings. The lowest BCUT2D eigenvalue weighted by atomic mass is 9.81. The van der Waals surface area contributed by atoms with Gasteiger partial charge in [-0.2, -0.15) is 0 Å². The molecule has 5 heteroatoms. The molecule has 1 aliphatic heterocycles. The first-order chi connectivity index (χ1) is 9.36. The Morgan fingerprint density at radius 3 is 2.33 bits per heavy atom. The highest BCUT2D eigenvalue weighted by atomic mass is 35.5. The van der Waals surface area contributed by atoms with Crippen LogP contribution in [0.3, 0.4) is 0 Å². The maximum absolute atomic E-state index is 3.48. The number of hydrogen-bond donors (Lipinski definition) is 1. The quantitative estimate of drug-likeness (QED) is 0.914. The summed E-state index contributed by atoms with van der Waals surface area (Å²) in [4.78, 5) is 2.72. The summed E-state index contributed by atoms with van der Waals surface area (Å²) in [5.74, 6) is 0.862. The Morgan fingerprint density at radius 2 is 1.76 bits per heavy atom. The molecule has 0 amide bonds. The van der Waals surface area contributed by atoms with Crippen LogP contribution in [0.15, 0.2) is 18.3 Å². The van der Waals surface area contributed by atoms with Gasteiger partial charge in [0, 0.05) is 45.1 Å². The lowest BCUT2D eigenvalue weighted by Gasteiger charge is -2.41. The summed E-state index contributed by atoms with van der Waals surface area (Å²) < 4.78 is 2.33. The average molecular weight is 334 g/mol. The largest absolute Gasteiger partial charge is 0.353 e. The zero-order chi connectivity index (χ0) is 13.1. The zero-order valence-corrected chi connectivity index (χ0v) is 14.6. The summed E-state index contributed by atoms with van der Waals surface area (Å²) in [5, 5.41) is 3.48. The number of aromatic nitrogens is 1. The third-order valence-electron chi connectivity index (χ3n) is 4.93. The molecule has 122 valence electrons. The van der Waals surface area contributed by atoms with E-state index in [0.717, 1.165) is 19.0 Å². The van der Waals surface area contributed by atoms with Crippen molar-refractivity contribution in [2.45, 2.75) is 38.1 Å². The van der Waals surface area contributed by atoms with Crippen LogP contribution in [0, 0.1) is 5.92 Å². The van der Waals surface area contributed by atoms with Crippen LogP contribution in [-0.2, 0) is 7.05 Å². The van der Waals surface area contributed by atoms with Gasteiger partial charge in [-0.05, 0) is 30.9 Å². The van der Waals surface area contributed by atoms with Crippen molar-refractivity contribution in [2.24, 2.45) is 13.0 Å². The van der Waals surface area contributed by atoms with Crippen LogP contribution in [0.2, 0.25) is 0 Å². The fourth-order valence-electron chi connectivity index (χ4n) is 3.92. The molecule has 21 heavy (non-hydrogen) atoms. The van der Waals surface area contributed by atoms with Crippen LogP contribution >= 0.6 is 24.8 Å². The predicted molar refractivity (Wildman–Crippen MR) is 93.7 cm³/mol. The SMILES string of the molecule is Cl.Cl.Cn1cccc1[C@@H](C1CCCCC1)N1CCNCC1. The van der Waals surface area contributed by atoms with Crippen molar-refractivity contribution in [2.75, 3.05) is 26.2 Å². The minimum atomic E-state index is 0. The van der Waals surface area contributed by atoms with Gasteiger partial charge in [-0.1, -0.05) is 19.3 Å². The van der Waals surface area contributed by atoms with Gasteiger partial charge in [-0.3, -0.25) is 4.90 Å². The fraction of sp³-hybridized carbons (Fsp3) is 0.750. The molecule has 0 bridgehead atoms.